The molecule has 4 N–H and O–H groups in total. The number of hydrogen-bond acceptors (Lipinski definition) is 5. The SMILES string of the molecule is O=c1[nH][nH]c2cc(Oc3cccc(Nc4cc(C5CC5)[nH]n4)n3)ccc12. The molecule has 0 bridgehead atoms. The average Bonchev–Trinajstić information content (AvgIpc) is 3.29. The molecule has 8 heteroatoms. The molecule has 1 fully saturated rings. The maximum absolute atomic E-state index is 11.6. The van der Waals surface area contributed by atoms with Crippen LogP contribution in [0.3, 0.4) is 0 Å². The molecule has 0 unspecified atom stereocenters. The first kappa shape index (κ1) is 14.8. The minimum absolute atomic E-state index is 0.152. The number of ether oxygens (including phenoxy) is 1. The molecule has 0 radical (unpaired) electrons. The molecule has 130 valence electrons. The summed E-state index contributed by atoms with van der Waals surface area (Å²) in [7, 11) is 0. The van der Waals surface area contributed by atoms with Crippen LogP contribution < -0.4 is 15.6 Å². The van der Waals surface area contributed by atoms with Crippen molar-refractivity contribution >= 4 is 22.5 Å². The van der Waals surface area contributed by atoms with E-state index < -0.39 is 0 Å². The number of hydrogen-bond donors (Lipinski definition) is 4. The smallest absolute Gasteiger partial charge is 0.271 e. The van der Waals surface area contributed by atoms with E-state index in [0.717, 1.165) is 11.5 Å². The quantitative estimate of drug-likeness (QED) is 0.442. The number of nitrogens with zero attached hydrogens (tertiary/aromatic N) is 2. The number of aromatic amines is 3. The number of fused-ring (bicyclic) bond motifs is 1. The minimum Gasteiger partial charge on any atom is -0.439 e. The second-order valence-electron chi connectivity index (χ2n) is 6.36. The standard InChI is InChI=1S/C18H16N6O2/c25-18-12-7-6-11(8-14(12)22-24-18)26-17-3-1-2-15(20-17)19-16-9-13(21-23-16)10-4-5-10/h1-3,6-10H,4-5H2,(H2,22,24,25)(H2,19,20,21,23). The third-order valence-corrected chi connectivity index (χ3v) is 4.36. The van der Waals surface area contributed by atoms with Crippen molar-refractivity contribution in [2.45, 2.75) is 18.8 Å². The third-order valence-electron chi connectivity index (χ3n) is 4.36. The van der Waals surface area contributed by atoms with Crippen LogP contribution in [0.4, 0.5) is 11.6 Å². The van der Waals surface area contributed by atoms with Crippen LogP contribution in [-0.4, -0.2) is 25.4 Å². The Bertz CT molecular complexity index is 1140. The molecule has 3 aromatic heterocycles. The summed E-state index contributed by atoms with van der Waals surface area (Å²) in [6.07, 6.45) is 2.44. The zero-order valence-electron chi connectivity index (χ0n) is 13.7. The van der Waals surface area contributed by atoms with Crippen molar-refractivity contribution in [1.29, 1.82) is 0 Å². The van der Waals surface area contributed by atoms with Crippen molar-refractivity contribution in [3.8, 4) is 11.6 Å². The molecule has 0 aliphatic heterocycles. The number of anilines is 2. The molecule has 1 aromatic carbocycles. The van der Waals surface area contributed by atoms with Crippen molar-refractivity contribution in [3.05, 3.63) is 58.5 Å². The van der Waals surface area contributed by atoms with E-state index in [1.165, 1.54) is 12.8 Å². The fourth-order valence-corrected chi connectivity index (χ4v) is 2.88. The minimum atomic E-state index is -0.152. The average molecular weight is 348 g/mol. The Morgan fingerprint density at radius 3 is 2.88 bits per heavy atom. The summed E-state index contributed by atoms with van der Waals surface area (Å²) in [5, 5.41) is 16.5. The molecule has 0 saturated heterocycles. The Labute approximate surface area is 147 Å². The van der Waals surface area contributed by atoms with Crippen LogP contribution in [0.1, 0.15) is 24.5 Å². The Morgan fingerprint density at radius 1 is 1.08 bits per heavy atom. The van der Waals surface area contributed by atoms with Crippen molar-refractivity contribution in [2.75, 3.05) is 5.32 Å². The lowest BCUT2D eigenvalue weighted by Gasteiger charge is -2.07. The highest BCUT2D eigenvalue weighted by Crippen LogP contribution is 2.39. The summed E-state index contributed by atoms with van der Waals surface area (Å²) in [4.78, 5) is 16.0. The highest BCUT2D eigenvalue weighted by atomic mass is 16.5. The van der Waals surface area contributed by atoms with Gasteiger partial charge in [0.25, 0.3) is 5.56 Å². The summed E-state index contributed by atoms with van der Waals surface area (Å²) < 4.78 is 5.81. The van der Waals surface area contributed by atoms with E-state index in [2.05, 4.69) is 30.7 Å². The molecule has 1 aliphatic rings. The number of nitrogens with one attached hydrogen (secondary N) is 4. The summed E-state index contributed by atoms with van der Waals surface area (Å²) in [6, 6.07) is 12.7. The first-order chi connectivity index (χ1) is 12.7. The molecule has 5 rings (SSSR count). The van der Waals surface area contributed by atoms with Gasteiger partial charge in [0, 0.05) is 29.8 Å². The number of H-pyrrole nitrogens is 3. The van der Waals surface area contributed by atoms with Crippen molar-refractivity contribution in [3.63, 3.8) is 0 Å². The van der Waals surface area contributed by atoms with Crippen LogP contribution in [0, 0.1) is 0 Å². The van der Waals surface area contributed by atoms with E-state index in [-0.39, 0.29) is 5.56 Å². The van der Waals surface area contributed by atoms with Gasteiger partial charge in [-0.15, -0.1) is 0 Å². The number of aromatic nitrogens is 5. The monoisotopic (exact) mass is 348 g/mol. The van der Waals surface area contributed by atoms with Crippen LogP contribution in [0.2, 0.25) is 0 Å². The predicted molar refractivity (Wildman–Crippen MR) is 97.1 cm³/mol. The molecule has 0 spiro atoms. The molecular formula is C18H16N6O2. The molecule has 1 aliphatic carbocycles. The van der Waals surface area contributed by atoms with Gasteiger partial charge in [-0.1, -0.05) is 6.07 Å². The molecule has 0 atom stereocenters. The van der Waals surface area contributed by atoms with Gasteiger partial charge in [0.1, 0.15) is 11.6 Å². The lowest BCUT2D eigenvalue weighted by molar-refractivity contribution is 0.464. The third kappa shape index (κ3) is 2.81. The fourth-order valence-electron chi connectivity index (χ4n) is 2.88. The van der Waals surface area contributed by atoms with Gasteiger partial charge in [0.05, 0.1) is 10.9 Å². The van der Waals surface area contributed by atoms with Gasteiger partial charge in [-0.05, 0) is 31.0 Å². The van der Waals surface area contributed by atoms with E-state index >= 15 is 0 Å². The molecule has 1 saturated carbocycles. The number of pyridine rings is 1. The second kappa shape index (κ2) is 5.76. The highest BCUT2D eigenvalue weighted by molar-refractivity contribution is 5.79. The Kier molecular flexibility index (Phi) is 3.27. The predicted octanol–water partition coefficient (Wildman–Crippen LogP) is 3.39. The normalized spacial score (nSPS) is 13.8. The summed E-state index contributed by atoms with van der Waals surface area (Å²) in [5.74, 6) is 3.05. The number of benzene rings is 1. The van der Waals surface area contributed by atoms with Crippen molar-refractivity contribution in [2.24, 2.45) is 0 Å². The van der Waals surface area contributed by atoms with E-state index in [9.17, 15) is 4.79 Å². The fraction of sp³-hybridized carbons (Fsp3) is 0.167. The van der Waals surface area contributed by atoms with Gasteiger partial charge in [-0.3, -0.25) is 20.1 Å². The maximum Gasteiger partial charge on any atom is 0.271 e. The van der Waals surface area contributed by atoms with Crippen LogP contribution in [-0.2, 0) is 0 Å². The summed E-state index contributed by atoms with van der Waals surface area (Å²) in [5.41, 5.74) is 1.69. The summed E-state index contributed by atoms with van der Waals surface area (Å²) in [6.45, 7) is 0. The zero-order chi connectivity index (χ0) is 17.5. The zero-order valence-corrected chi connectivity index (χ0v) is 13.7. The first-order valence-electron chi connectivity index (χ1n) is 8.42. The van der Waals surface area contributed by atoms with E-state index in [0.29, 0.717) is 34.3 Å². The second-order valence-corrected chi connectivity index (χ2v) is 6.36. The Balaban J connectivity index is 1.35. The molecule has 26 heavy (non-hydrogen) atoms. The topological polar surface area (TPSA) is 111 Å². The van der Waals surface area contributed by atoms with Gasteiger partial charge in [0.15, 0.2) is 5.82 Å². The van der Waals surface area contributed by atoms with Gasteiger partial charge in [-0.2, -0.15) is 10.1 Å². The largest absolute Gasteiger partial charge is 0.439 e. The Hall–Kier alpha value is -3.55. The first-order valence-corrected chi connectivity index (χ1v) is 8.42. The highest BCUT2D eigenvalue weighted by Gasteiger charge is 2.25. The molecule has 0 amide bonds. The van der Waals surface area contributed by atoms with Crippen LogP contribution in [0.15, 0.2) is 47.3 Å². The summed E-state index contributed by atoms with van der Waals surface area (Å²) >= 11 is 0. The van der Waals surface area contributed by atoms with Crippen LogP contribution in [0.25, 0.3) is 10.9 Å². The van der Waals surface area contributed by atoms with Crippen LogP contribution >= 0.6 is 0 Å². The van der Waals surface area contributed by atoms with Crippen LogP contribution in [0.5, 0.6) is 11.6 Å². The molecule has 8 nitrogen and oxygen atoms in total. The number of rotatable bonds is 5. The molecule has 3 heterocycles. The van der Waals surface area contributed by atoms with Gasteiger partial charge < -0.3 is 10.1 Å². The Morgan fingerprint density at radius 2 is 2.00 bits per heavy atom. The van der Waals surface area contributed by atoms with Gasteiger partial charge in [-0.25, -0.2) is 0 Å². The lowest BCUT2D eigenvalue weighted by atomic mass is 10.2. The van der Waals surface area contributed by atoms with Crippen molar-refractivity contribution in [1.82, 2.24) is 25.4 Å². The van der Waals surface area contributed by atoms with Crippen molar-refractivity contribution < 1.29 is 4.74 Å². The van der Waals surface area contributed by atoms with Gasteiger partial charge >= 0.3 is 0 Å². The lowest BCUT2D eigenvalue weighted by Crippen LogP contribution is -1.97. The van der Waals surface area contributed by atoms with E-state index in [1.807, 2.05) is 18.2 Å². The van der Waals surface area contributed by atoms with E-state index in [1.54, 1.807) is 24.3 Å². The molecular weight excluding hydrogens is 332 g/mol. The van der Waals surface area contributed by atoms with E-state index in [4.69, 9.17) is 4.74 Å². The molecule has 4 aromatic rings. The van der Waals surface area contributed by atoms with Gasteiger partial charge in [0.2, 0.25) is 5.88 Å². The maximum atomic E-state index is 11.6.